The average Bonchev–Trinajstić information content (AvgIpc) is 3.13. The zero-order valence-electron chi connectivity index (χ0n) is 10.6. The summed E-state index contributed by atoms with van der Waals surface area (Å²) in [6.45, 7) is 2.53. The van der Waals surface area contributed by atoms with Crippen LogP contribution in [0.2, 0.25) is 0 Å². The normalized spacial score (nSPS) is 20.2. The highest BCUT2D eigenvalue weighted by Gasteiger charge is 2.24. The summed E-state index contributed by atoms with van der Waals surface area (Å²) in [5, 5.41) is 21.4. The van der Waals surface area contributed by atoms with Gasteiger partial charge in [0.2, 0.25) is 0 Å². The van der Waals surface area contributed by atoms with Crippen molar-refractivity contribution in [2.24, 2.45) is 0 Å². The van der Waals surface area contributed by atoms with Crippen molar-refractivity contribution in [3.05, 3.63) is 29.9 Å². The predicted molar refractivity (Wildman–Crippen MR) is 66.1 cm³/mol. The summed E-state index contributed by atoms with van der Waals surface area (Å²) < 4.78 is 6.53. The molecular formula is C12H17N5O2. The summed E-state index contributed by atoms with van der Waals surface area (Å²) in [7, 11) is 0. The Balaban J connectivity index is 1.61. The molecule has 2 aromatic heterocycles. The summed E-state index contributed by atoms with van der Waals surface area (Å²) in [5.74, 6) is 0. The number of aliphatic hydroxyl groups is 1. The van der Waals surface area contributed by atoms with Gasteiger partial charge in [-0.05, 0) is 19.4 Å². The van der Waals surface area contributed by atoms with Gasteiger partial charge in [0, 0.05) is 18.7 Å². The fourth-order valence-corrected chi connectivity index (χ4v) is 2.49. The first-order valence-corrected chi connectivity index (χ1v) is 6.48. The van der Waals surface area contributed by atoms with E-state index >= 15 is 0 Å². The molecule has 1 N–H and O–H groups in total. The van der Waals surface area contributed by atoms with Crippen LogP contribution >= 0.6 is 0 Å². The van der Waals surface area contributed by atoms with Crippen LogP contribution in [0.3, 0.4) is 0 Å². The number of nitrogens with zero attached hydrogens (tertiary/aromatic N) is 5. The highest BCUT2D eigenvalue weighted by molar-refractivity contribution is 4.99. The Bertz CT molecular complexity index is 510. The highest BCUT2D eigenvalue weighted by Crippen LogP contribution is 2.18. The number of likely N-dealkylation sites (tertiary alicyclic amines) is 1. The van der Waals surface area contributed by atoms with Gasteiger partial charge in [-0.3, -0.25) is 4.90 Å². The third-order valence-electron chi connectivity index (χ3n) is 3.48. The van der Waals surface area contributed by atoms with Crippen molar-refractivity contribution in [3.8, 4) is 0 Å². The molecule has 7 heteroatoms. The number of hydrogen-bond acceptors (Lipinski definition) is 6. The third-order valence-corrected chi connectivity index (χ3v) is 3.48. The standard InChI is InChI=1S/C12H17N5O2/c18-9-12-2-1-4-16(12)6-11-8-17(15-13-11)7-10-3-5-19-14-10/h3,5,8,12,18H,1-2,4,6-7,9H2. The number of aromatic nitrogens is 4. The highest BCUT2D eigenvalue weighted by atomic mass is 16.5. The molecule has 0 aromatic carbocycles. The van der Waals surface area contributed by atoms with Gasteiger partial charge < -0.3 is 9.63 Å². The molecule has 3 heterocycles. The van der Waals surface area contributed by atoms with Gasteiger partial charge in [-0.1, -0.05) is 10.4 Å². The van der Waals surface area contributed by atoms with Gasteiger partial charge in [-0.15, -0.1) is 5.10 Å². The Morgan fingerprint density at radius 3 is 3.11 bits per heavy atom. The van der Waals surface area contributed by atoms with E-state index in [9.17, 15) is 5.11 Å². The Labute approximate surface area is 110 Å². The van der Waals surface area contributed by atoms with Gasteiger partial charge in [0.25, 0.3) is 0 Å². The fourth-order valence-electron chi connectivity index (χ4n) is 2.49. The molecule has 0 radical (unpaired) electrons. The molecule has 1 unspecified atom stereocenters. The first-order valence-electron chi connectivity index (χ1n) is 6.48. The lowest BCUT2D eigenvalue weighted by atomic mass is 10.2. The van der Waals surface area contributed by atoms with Crippen molar-refractivity contribution >= 4 is 0 Å². The average molecular weight is 263 g/mol. The number of hydrogen-bond donors (Lipinski definition) is 1. The predicted octanol–water partition coefficient (Wildman–Crippen LogP) is 0.271. The molecule has 3 rings (SSSR count). The van der Waals surface area contributed by atoms with Crippen LogP contribution in [0.4, 0.5) is 0 Å². The molecule has 1 saturated heterocycles. The lowest BCUT2D eigenvalue weighted by molar-refractivity contribution is 0.152. The van der Waals surface area contributed by atoms with E-state index in [-0.39, 0.29) is 12.6 Å². The Morgan fingerprint density at radius 2 is 2.32 bits per heavy atom. The summed E-state index contributed by atoms with van der Waals surface area (Å²) in [4.78, 5) is 2.25. The Morgan fingerprint density at radius 1 is 1.37 bits per heavy atom. The van der Waals surface area contributed by atoms with Crippen LogP contribution in [0.1, 0.15) is 24.2 Å². The minimum Gasteiger partial charge on any atom is -0.395 e. The van der Waals surface area contributed by atoms with E-state index in [4.69, 9.17) is 4.52 Å². The van der Waals surface area contributed by atoms with Crippen LogP contribution in [0.15, 0.2) is 23.0 Å². The van der Waals surface area contributed by atoms with Crippen LogP contribution in [0.5, 0.6) is 0 Å². The largest absolute Gasteiger partial charge is 0.395 e. The number of rotatable bonds is 5. The molecule has 2 aromatic rings. The second kappa shape index (κ2) is 5.50. The minimum absolute atomic E-state index is 0.215. The summed E-state index contributed by atoms with van der Waals surface area (Å²) >= 11 is 0. The van der Waals surface area contributed by atoms with Crippen LogP contribution in [0.25, 0.3) is 0 Å². The smallest absolute Gasteiger partial charge is 0.124 e. The summed E-state index contributed by atoms with van der Waals surface area (Å²) in [6.07, 6.45) is 5.66. The monoisotopic (exact) mass is 263 g/mol. The molecule has 1 fully saturated rings. The molecular weight excluding hydrogens is 246 g/mol. The van der Waals surface area contributed by atoms with E-state index < -0.39 is 0 Å². The lowest BCUT2D eigenvalue weighted by Crippen LogP contribution is -2.31. The maximum Gasteiger partial charge on any atom is 0.124 e. The topological polar surface area (TPSA) is 80.2 Å². The minimum atomic E-state index is 0.215. The van der Waals surface area contributed by atoms with Gasteiger partial charge in [-0.25, -0.2) is 4.68 Å². The molecule has 1 aliphatic heterocycles. The Hall–Kier alpha value is -1.73. The van der Waals surface area contributed by atoms with E-state index in [2.05, 4.69) is 20.4 Å². The molecule has 1 atom stereocenters. The van der Waals surface area contributed by atoms with Gasteiger partial charge in [0.05, 0.1) is 25.0 Å². The molecule has 0 bridgehead atoms. The summed E-state index contributed by atoms with van der Waals surface area (Å²) in [6, 6.07) is 2.07. The van der Waals surface area contributed by atoms with Crippen molar-refractivity contribution in [2.75, 3.05) is 13.2 Å². The van der Waals surface area contributed by atoms with Crippen molar-refractivity contribution in [1.29, 1.82) is 0 Å². The molecule has 7 nitrogen and oxygen atoms in total. The zero-order chi connectivity index (χ0) is 13.1. The second-order valence-electron chi connectivity index (χ2n) is 4.85. The zero-order valence-corrected chi connectivity index (χ0v) is 10.6. The van der Waals surface area contributed by atoms with Crippen LogP contribution in [0, 0.1) is 0 Å². The van der Waals surface area contributed by atoms with Crippen LogP contribution in [-0.2, 0) is 13.1 Å². The van der Waals surface area contributed by atoms with Gasteiger partial charge in [0.15, 0.2) is 0 Å². The third kappa shape index (κ3) is 2.82. The van der Waals surface area contributed by atoms with E-state index in [0.717, 1.165) is 37.3 Å². The molecule has 0 amide bonds. The van der Waals surface area contributed by atoms with Crippen molar-refractivity contribution in [2.45, 2.75) is 32.0 Å². The van der Waals surface area contributed by atoms with Crippen LogP contribution < -0.4 is 0 Å². The molecule has 0 aliphatic carbocycles. The maximum atomic E-state index is 9.29. The molecule has 102 valence electrons. The van der Waals surface area contributed by atoms with Crippen LogP contribution in [-0.4, -0.2) is 49.4 Å². The second-order valence-corrected chi connectivity index (χ2v) is 4.85. The molecule has 19 heavy (non-hydrogen) atoms. The van der Waals surface area contributed by atoms with Crippen molar-refractivity contribution in [3.63, 3.8) is 0 Å². The van der Waals surface area contributed by atoms with E-state index in [1.165, 1.54) is 0 Å². The molecule has 0 spiro atoms. The van der Waals surface area contributed by atoms with Gasteiger partial charge in [-0.2, -0.15) is 0 Å². The summed E-state index contributed by atoms with van der Waals surface area (Å²) in [5.41, 5.74) is 1.75. The SMILES string of the molecule is OCC1CCCN1Cc1cn(Cc2ccon2)nn1. The Kier molecular flexibility index (Phi) is 3.56. The number of aliphatic hydroxyl groups excluding tert-OH is 1. The molecule has 0 saturated carbocycles. The van der Waals surface area contributed by atoms with E-state index in [1.54, 1.807) is 10.9 Å². The van der Waals surface area contributed by atoms with Crippen molar-refractivity contribution in [1.82, 2.24) is 25.1 Å². The van der Waals surface area contributed by atoms with Crippen molar-refractivity contribution < 1.29 is 9.63 Å². The van der Waals surface area contributed by atoms with Gasteiger partial charge >= 0.3 is 0 Å². The lowest BCUT2D eigenvalue weighted by Gasteiger charge is -2.20. The van der Waals surface area contributed by atoms with Gasteiger partial charge in [0.1, 0.15) is 12.0 Å². The first kappa shape index (κ1) is 12.3. The first-order chi connectivity index (χ1) is 9.35. The van der Waals surface area contributed by atoms with E-state index in [1.807, 2.05) is 12.3 Å². The maximum absolute atomic E-state index is 9.29. The fraction of sp³-hybridized carbons (Fsp3) is 0.583. The van der Waals surface area contributed by atoms with E-state index in [0.29, 0.717) is 6.54 Å². The molecule has 1 aliphatic rings. The quantitative estimate of drug-likeness (QED) is 0.834.